The molecule has 0 rings (SSSR count). The number of carbonyl (C=O) groups excluding carboxylic acids is 3. The zero-order valence-electron chi connectivity index (χ0n) is 39.9. The van der Waals surface area contributed by atoms with Crippen molar-refractivity contribution in [2.45, 2.75) is 238 Å². The summed E-state index contributed by atoms with van der Waals surface area (Å²) in [6.45, 7) is 4.54. The summed E-state index contributed by atoms with van der Waals surface area (Å²) in [5.74, 6) is -1.76. The van der Waals surface area contributed by atoms with Crippen LogP contribution < -0.4 is 5.11 Å². The molecule has 8 heteroatoms. The summed E-state index contributed by atoms with van der Waals surface area (Å²) in [6, 6.07) is -0.730. The minimum Gasteiger partial charge on any atom is -0.544 e. The molecular formula is C52H95NO7. The molecular weight excluding hydrogens is 751 g/mol. The number of allylic oxidation sites excluding steroid dienone is 6. The maximum absolute atomic E-state index is 12.7. The maximum atomic E-state index is 12.7. The predicted molar refractivity (Wildman–Crippen MR) is 250 cm³/mol. The van der Waals surface area contributed by atoms with Crippen LogP contribution in [0.2, 0.25) is 0 Å². The van der Waals surface area contributed by atoms with Crippen molar-refractivity contribution in [1.82, 2.24) is 0 Å². The minimum atomic E-state index is -1.13. The molecule has 60 heavy (non-hydrogen) atoms. The number of unbranched alkanes of at least 4 members (excludes halogenated alkanes) is 25. The van der Waals surface area contributed by atoms with Gasteiger partial charge in [0, 0.05) is 19.3 Å². The van der Waals surface area contributed by atoms with Gasteiger partial charge in [-0.25, -0.2) is 0 Å². The number of hydrogen-bond acceptors (Lipinski definition) is 7. The number of likely N-dealkylation sites (N-methyl/N-ethyl adjacent to an activating group) is 1. The van der Waals surface area contributed by atoms with E-state index in [4.69, 9.17) is 14.2 Å². The number of carboxylic acids is 1. The molecule has 0 spiro atoms. The lowest BCUT2D eigenvalue weighted by Gasteiger charge is -2.34. The highest BCUT2D eigenvalue weighted by Gasteiger charge is 2.25. The summed E-state index contributed by atoms with van der Waals surface area (Å²) < 4.78 is 17.2. The Morgan fingerprint density at radius 1 is 0.517 bits per heavy atom. The zero-order chi connectivity index (χ0) is 44.2. The van der Waals surface area contributed by atoms with Crippen molar-refractivity contribution in [2.24, 2.45) is 0 Å². The van der Waals surface area contributed by atoms with Gasteiger partial charge in [0.1, 0.15) is 12.6 Å². The number of ether oxygens (including phenoxy) is 3. The molecule has 0 aliphatic heterocycles. The number of esters is 2. The second-order valence-electron chi connectivity index (χ2n) is 18.0. The van der Waals surface area contributed by atoms with Crippen LogP contribution in [0.1, 0.15) is 226 Å². The van der Waals surface area contributed by atoms with Crippen LogP contribution >= 0.6 is 0 Å². The average Bonchev–Trinajstić information content (AvgIpc) is 3.21. The second-order valence-corrected chi connectivity index (χ2v) is 18.0. The van der Waals surface area contributed by atoms with E-state index in [2.05, 4.69) is 50.3 Å². The Morgan fingerprint density at radius 3 is 1.38 bits per heavy atom. The van der Waals surface area contributed by atoms with E-state index in [9.17, 15) is 19.5 Å². The Bertz CT molecular complexity index is 1080. The average molecular weight is 846 g/mol. The molecule has 8 nitrogen and oxygen atoms in total. The van der Waals surface area contributed by atoms with Crippen LogP contribution in [-0.4, -0.2) is 75.5 Å². The number of rotatable bonds is 45. The summed E-state index contributed by atoms with van der Waals surface area (Å²) in [7, 11) is 5.40. The number of quaternary nitrogens is 1. The van der Waals surface area contributed by atoms with Crippen molar-refractivity contribution in [3.8, 4) is 0 Å². The molecule has 0 radical (unpaired) electrons. The first-order valence-corrected chi connectivity index (χ1v) is 25.0. The van der Waals surface area contributed by atoms with Gasteiger partial charge in [0.15, 0.2) is 6.10 Å². The van der Waals surface area contributed by atoms with Gasteiger partial charge in [-0.15, -0.1) is 0 Å². The quantitative estimate of drug-likeness (QED) is 0.0260. The molecule has 0 amide bonds. The van der Waals surface area contributed by atoms with Crippen LogP contribution in [0, 0.1) is 0 Å². The van der Waals surface area contributed by atoms with E-state index < -0.39 is 18.1 Å². The Balaban J connectivity index is 4.17. The fourth-order valence-electron chi connectivity index (χ4n) is 7.44. The van der Waals surface area contributed by atoms with E-state index in [1.165, 1.54) is 128 Å². The van der Waals surface area contributed by atoms with Gasteiger partial charge in [-0.2, -0.15) is 0 Å². The first kappa shape index (κ1) is 57.5. The summed E-state index contributed by atoms with van der Waals surface area (Å²) in [5, 5.41) is 11.6. The van der Waals surface area contributed by atoms with Gasteiger partial charge >= 0.3 is 11.9 Å². The minimum absolute atomic E-state index is 0.0313. The van der Waals surface area contributed by atoms with Crippen molar-refractivity contribution >= 4 is 17.9 Å². The largest absolute Gasteiger partial charge is 0.544 e. The van der Waals surface area contributed by atoms with Crippen molar-refractivity contribution in [3.63, 3.8) is 0 Å². The van der Waals surface area contributed by atoms with E-state index in [0.717, 1.165) is 64.2 Å². The fourth-order valence-corrected chi connectivity index (χ4v) is 7.44. The number of carbonyl (C=O) groups is 3. The molecule has 0 saturated heterocycles. The highest BCUT2D eigenvalue weighted by atomic mass is 16.6. The molecule has 0 aliphatic carbocycles. The molecule has 0 aromatic rings. The predicted octanol–water partition coefficient (Wildman–Crippen LogP) is 12.9. The van der Waals surface area contributed by atoms with Gasteiger partial charge in [0.2, 0.25) is 0 Å². The summed E-state index contributed by atoms with van der Waals surface area (Å²) in [6.07, 6.45) is 50.5. The summed E-state index contributed by atoms with van der Waals surface area (Å²) in [5.41, 5.74) is 0. The van der Waals surface area contributed by atoms with Crippen LogP contribution in [0.25, 0.3) is 0 Å². The topological polar surface area (TPSA) is 102 Å². The number of carboxylic acid groups (broad SMARTS) is 1. The highest BCUT2D eigenvalue weighted by Crippen LogP contribution is 2.16. The zero-order valence-corrected chi connectivity index (χ0v) is 39.9. The SMILES string of the molecule is CC/C=C\C/C=C\C/C=C\CCCCCC(=O)OC(COCCC(C(=O)[O-])[N+](C)(C)C)COC(=O)CCCCCCCCCCCCCCCCCCCCCCCCC. The lowest BCUT2D eigenvalue weighted by molar-refractivity contribution is -0.889. The van der Waals surface area contributed by atoms with Crippen molar-refractivity contribution in [3.05, 3.63) is 36.5 Å². The molecule has 2 unspecified atom stereocenters. The van der Waals surface area contributed by atoms with Gasteiger partial charge < -0.3 is 28.6 Å². The first-order valence-electron chi connectivity index (χ1n) is 25.0. The van der Waals surface area contributed by atoms with E-state index in [1.54, 1.807) is 21.1 Å². The maximum Gasteiger partial charge on any atom is 0.306 e. The monoisotopic (exact) mass is 846 g/mol. The van der Waals surface area contributed by atoms with Crippen LogP contribution in [0.5, 0.6) is 0 Å². The molecule has 0 N–H and O–H groups in total. The molecule has 0 heterocycles. The lowest BCUT2D eigenvalue weighted by atomic mass is 10.0. The van der Waals surface area contributed by atoms with E-state index in [1.807, 2.05) is 0 Å². The van der Waals surface area contributed by atoms with E-state index in [0.29, 0.717) is 6.42 Å². The Labute approximate surface area is 370 Å². The third-order valence-electron chi connectivity index (χ3n) is 11.3. The van der Waals surface area contributed by atoms with Gasteiger partial charge in [0.25, 0.3) is 0 Å². The van der Waals surface area contributed by atoms with Gasteiger partial charge in [0.05, 0.1) is 40.3 Å². The number of nitrogens with zero attached hydrogens (tertiary/aromatic N) is 1. The van der Waals surface area contributed by atoms with Gasteiger partial charge in [-0.05, 0) is 44.9 Å². The second kappa shape index (κ2) is 43.2. The smallest absolute Gasteiger partial charge is 0.306 e. The fraction of sp³-hybridized carbons (Fsp3) is 0.827. The normalized spacial score (nSPS) is 13.2. The molecule has 0 aromatic carbocycles. The molecule has 0 saturated carbocycles. The highest BCUT2D eigenvalue weighted by molar-refractivity contribution is 5.70. The van der Waals surface area contributed by atoms with Gasteiger partial charge in [-0.1, -0.05) is 198 Å². The van der Waals surface area contributed by atoms with E-state index in [-0.39, 0.29) is 49.1 Å². The third kappa shape index (κ3) is 40.9. The first-order chi connectivity index (χ1) is 29.1. The van der Waals surface area contributed by atoms with Crippen LogP contribution in [0.3, 0.4) is 0 Å². The number of aliphatic carboxylic acids is 1. The van der Waals surface area contributed by atoms with Crippen molar-refractivity contribution in [2.75, 3.05) is 41.0 Å². The van der Waals surface area contributed by atoms with Crippen molar-refractivity contribution in [1.29, 1.82) is 0 Å². The molecule has 0 fully saturated rings. The van der Waals surface area contributed by atoms with E-state index >= 15 is 0 Å². The summed E-state index contributed by atoms with van der Waals surface area (Å²) >= 11 is 0. The van der Waals surface area contributed by atoms with Crippen LogP contribution in [-0.2, 0) is 28.6 Å². The van der Waals surface area contributed by atoms with Gasteiger partial charge in [-0.3, -0.25) is 9.59 Å². The molecule has 0 aromatic heterocycles. The standard InChI is InChI=1S/C52H95NO7/c1-6-8-10-12-14-16-18-20-21-22-23-24-25-26-27-28-29-31-32-34-36-38-40-42-50(54)59-47-48(46-58-45-44-49(52(56)57)53(3,4)5)60-51(55)43-41-39-37-35-33-30-19-17-15-13-11-9-7-2/h9,11,15,17,30,33,48-49H,6-8,10,12-14,16,18-29,31-32,34-47H2,1-5H3/b11-9-,17-15-,33-30-. The molecule has 0 aliphatic rings. The lowest BCUT2D eigenvalue weighted by Crippen LogP contribution is -2.55. The van der Waals surface area contributed by atoms with Crippen molar-refractivity contribution < 1.29 is 38.2 Å². The molecule has 350 valence electrons. The van der Waals surface area contributed by atoms with Crippen LogP contribution in [0.4, 0.5) is 0 Å². The third-order valence-corrected chi connectivity index (χ3v) is 11.3. The van der Waals surface area contributed by atoms with Crippen LogP contribution in [0.15, 0.2) is 36.5 Å². The Kier molecular flexibility index (Phi) is 41.4. The number of hydrogen-bond donors (Lipinski definition) is 0. The molecule has 2 atom stereocenters. The Morgan fingerprint density at radius 2 is 0.933 bits per heavy atom. The Hall–Kier alpha value is -2.45. The molecule has 0 bridgehead atoms. The summed E-state index contributed by atoms with van der Waals surface area (Å²) in [4.78, 5) is 36.9.